The van der Waals surface area contributed by atoms with Gasteiger partial charge in [-0.1, -0.05) is 83.9 Å². The van der Waals surface area contributed by atoms with Crippen LogP contribution in [-0.4, -0.2) is 0 Å². The molecule has 5 aromatic rings. The van der Waals surface area contributed by atoms with Crippen molar-refractivity contribution in [2.75, 3.05) is 4.90 Å². The van der Waals surface area contributed by atoms with Crippen molar-refractivity contribution in [3.05, 3.63) is 149 Å². The highest BCUT2D eigenvalue weighted by Crippen LogP contribution is 2.44. The van der Waals surface area contributed by atoms with Gasteiger partial charge in [0, 0.05) is 28.2 Å². The van der Waals surface area contributed by atoms with Gasteiger partial charge in [-0.2, -0.15) is 0 Å². The average Bonchev–Trinajstić information content (AvgIpc) is 2.92. The SMILES string of the molecule is Cc1ccc(N(c2ccc(C)cc2)c2ccc(C=C3c4ccccc4Oc4ccccc43)cc2)cc1. The lowest BCUT2D eigenvalue weighted by molar-refractivity contribution is 0.474. The Hall–Kier alpha value is -4.56. The highest BCUT2D eigenvalue weighted by Gasteiger charge is 2.21. The van der Waals surface area contributed by atoms with Crippen molar-refractivity contribution in [1.82, 2.24) is 0 Å². The zero-order chi connectivity index (χ0) is 24.5. The van der Waals surface area contributed by atoms with Crippen LogP contribution in [0, 0.1) is 13.8 Å². The van der Waals surface area contributed by atoms with E-state index in [-0.39, 0.29) is 0 Å². The average molecular weight is 466 g/mol. The van der Waals surface area contributed by atoms with Crippen molar-refractivity contribution in [3.8, 4) is 11.5 Å². The van der Waals surface area contributed by atoms with Gasteiger partial charge >= 0.3 is 0 Å². The Morgan fingerprint density at radius 1 is 0.500 bits per heavy atom. The van der Waals surface area contributed by atoms with Crippen LogP contribution in [0.1, 0.15) is 27.8 Å². The first kappa shape index (κ1) is 21.9. The van der Waals surface area contributed by atoms with Crippen LogP contribution in [-0.2, 0) is 0 Å². The molecule has 174 valence electrons. The summed E-state index contributed by atoms with van der Waals surface area (Å²) in [7, 11) is 0. The molecule has 0 spiro atoms. The summed E-state index contributed by atoms with van der Waals surface area (Å²) < 4.78 is 6.16. The minimum absolute atomic E-state index is 0.893. The van der Waals surface area contributed by atoms with E-state index < -0.39 is 0 Å². The number of aryl methyl sites for hydroxylation is 2. The third kappa shape index (κ3) is 4.18. The molecule has 6 rings (SSSR count). The molecule has 2 heteroatoms. The third-order valence-electron chi connectivity index (χ3n) is 6.62. The highest BCUT2D eigenvalue weighted by molar-refractivity contribution is 5.97. The predicted molar refractivity (Wildman–Crippen MR) is 151 cm³/mol. The Kier molecular flexibility index (Phi) is 5.63. The molecule has 0 unspecified atom stereocenters. The molecule has 2 nitrogen and oxygen atoms in total. The molecule has 0 aromatic heterocycles. The molecule has 1 aliphatic rings. The van der Waals surface area contributed by atoms with Crippen molar-refractivity contribution in [3.63, 3.8) is 0 Å². The van der Waals surface area contributed by atoms with E-state index >= 15 is 0 Å². The number of rotatable bonds is 4. The van der Waals surface area contributed by atoms with Gasteiger partial charge in [0.1, 0.15) is 11.5 Å². The maximum Gasteiger partial charge on any atom is 0.135 e. The molecule has 0 fully saturated rings. The molecular weight excluding hydrogens is 438 g/mol. The van der Waals surface area contributed by atoms with E-state index in [1.807, 2.05) is 24.3 Å². The number of hydrogen-bond acceptors (Lipinski definition) is 2. The van der Waals surface area contributed by atoms with Crippen LogP contribution in [0.15, 0.2) is 121 Å². The van der Waals surface area contributed by atoms with Crippen molar-refractivity contribution < 1.29 is 4.74 Å². The van der Waals surface area contributed by atoms with E-state index in [0.29, 0.717) is 0 Å². The summed E-state index contributed by atoms with van der Waals surface area (Å²) in [6.45, 7) is 4.24. The zero-order valence-corrected chi connectivity index (χ0v) is 20.5. The van der Waals surface area contributed by atoms with Crippen LogP contribution in [0.4, 0.5) is 17.1 Å². The molecule has 0 bridgehead atoms. The van der Waals surface area contributed by atoms with Crippen LogP contribution >= 0.6 is 0 Å². The Bertz CT molecular complexity index is 1450. The molecule has 0 N–H and O–H groups in total. The maximum atomic E-state index is 6.16. The van der Waals surface area contributed by atoms with Crippen LogP contribution in [0.2, 0.25) is 0 Å². The van der Waals surface area contributed by atoms with Gasteiger partial charge in [-0.05, 0) is 79.6 Å². The summed E-state index contributed by atoms with van der Waals surface area (Å²) in [5, 5.41) is 0. The lowest BCUT2D eigenvalue weighted by Crippen LogP contribution is -2.09. The summed E-state index contributed by atoms with van der Waals surface area (Å²) >= 11 is 0. The first-order chi connectivity index (χ1) is 17.7. The largest absolute Gasteiger partial charge is 0.456 e. The Balaban J connectivity index is 1.41. The van der Waals surface area contributed by atoms with Crippen molar-refractivity contribution in [2.45, 2.75) is 13.8 Å². The van der Waals surface area contributed by atoms with E-state index in [2.05, 4.69) is 122 Å². The molecule has 0 saturated carbocycles. The van der Waals surface area contributed by atoms with Crippen molar-refractivity contribution in [2.24, 2.45) is 0 Å². The molecule has 0 amide bonds. The van der Waals surface area contributed by atoms with E-state index in [9.17, 15) is 0 Å². The summed E-state index contributed by atoms with van der Waals surface area (Å²) in [6, 6.07) is 42.6. The molecule has 0 saturated heterocycles. The number of anilines is 3. The summed E-state index contributed by atoms with van der Waals surface area (Å²) in [6.07, 6.45) is 2.26. The predicted octanol–water partition coefficient (Wildman–Crippen LogP) is 9.47. The first-order valence-corrected chi connectivity index (χ1v) is 12.3. The van der Waals surface area contributed by atoms with Gasteiger partial charge in [-0.15, -0.1) is 0 Å². The Morgan fingerprint density at radius 2 is 0.917 bits per heavy atom. The van der Waals surface area contributed by atoms with Gasteiger partial charge in [-0.3, -0.25) is 0 Å². The quantitative estimate of drug-likeness (QED) is 0.257. The topological polar surface area (TPSA) is 12.5 Å². The Labute approximate surface area is 212 Å². The molecule has 0 atom stereocenters. The van der Waals surface area contributed by atoms with Crippen LogP contribution < -0.4 is 9.64 Å². The Morgan fingerprint density at radius 3 is 1.39 bits per heavy atom. The minimum atomic E-state index is 0.893. The van der Waals surface area contributed by atoms with Crippen molar-refractivity contribution in [1.29, 1.82) is 0 Å². The fraction of sp³-hybridized carbons (Fsp3) is 0.0588. The smallest absolute Gasteiger partial charge is 0.135 e. The molecule has 1 heterocycles. The number of ether oxygens (including phenoxy) is 1. The minimum Gasteiger partial charge on any atom is -0.456 e. The van der Waals surface area contributed by atoms with Gasteiger partial charge in [0.2, 0.25) is 0 Å². The number of hydrogen-bond donors (Lipinski definition) is 0. The van der Waals surface area contributed by atoms with Crippen LogP contribution in [0.25, 0.3) is 11.6 Å². The zero-order valence-electron chi connectivity index (χ0n) is 20.5. The van der Waals surface area contributed by atoms with Crippen LogP contribution in [0.5, 0.6) is 11.5 Å². The summed E-state index contributed by atoms with van der Waals surface area (Å²) in [5.74, 6) is 1.79. The summed E-state index contributed by atoms with van der Waals surface area (Å²) in [5.41, 5.74) is 10.5. The molecule has 5 aromatic carbocycles. The second kappa shape index (κ2) is 9.24. The molecule has 1 aliphatic heterocycles. The van der Waals surface area contributed by atoms with Gasteiger partial charge in [-0.25, -0.2) is 0 Å². The van der Waals surface area contributed by atoms with Gasteiger partial charge in [0.05, 0.1) is 0 Å². The summed E-state index contributed by atoms with van der Waals surface area (Å²) in [4.78, 5) is 2.30. The highest BCUT2D eigenvalue weighted by atomic mass is 16.5. The van der Waals surface area contributed by atoms with Gasteiger partial charge in [0.25, 0.3) is 0 Å². The standard InChI is InChI=1S/C34H27NO/c1-24-11-17-27(18-12-24)35(28-19-13-25(2)14-20-28)29-21-15-26(16-22-29)23-32-30-7-3-5-9-33(30)36-34-10-6-4-8-31(32)34/h3-23H,1-2H3. The van der Waals surface area contributed by atoms with E-state index in [1.165, 1.54) is 16.7 Å². The monoisotopic (exact) mass is 465 g/mol. The van der Waals surface area contributed by atoms with Gasteiger partial charge in [0.15, 0.2) is 0 Å². The lowest BCUT2D eigenvalue weighted by Gasteiger charge is -2.26. The molecule has 0 aliphatic carbocycles. The van der Waals surface area contributed by atoms with E-state index in [4.69, 9.17) is 4.74 Å². The number of para-hydroxylation sites is 2. The molecular formula is C34H27NO. The first-order valence-electron chi connectivity index (χ1n) is 12.3. The lowest BCUT2D eigenvalue weighted by atomic mass is 9.92. The number of nitrogens with zero attached hydrogens (tertiary/aromatic N) is 1. The number of benzene rings is 5. The molecule has 0 radical (unpaired) electrons. The van der Waals surface area contributed by atoms with Crippen LogP contribution in [0.3, 0.4) is 0 Å². The molecule has 36 heavy (non-hydrogen) atoms. The van der Waals surface area contributed by atoms with Gasteiger partial charge < -0.3 is 9.64 Å². The van der Waals surface area contributed by atoms with Crippen molar-refractivity contribution >= 4 is 28.7 Å². The third-order valence-corrected chi connectivity index (χ3v) is 6.62. The second-order valence-electron chi connectivity index (χ2n) is 9.25. The van der Waals surface area contributed by atoms with E-state index in [0.717, 1.165) is 45.3 Å². The maximum absolute atomic E-state index is 6.16. The van der Waals surface area contributed by atoms with E-state index in [1.54, 1.807) is 0 Å². The fourth-order valence-electron chi connectivity index (χ4n) is 4.70. The fourth-order valence-corrected chi connectivity index (χ4v) is 4.70. The second-order valence-corrected chi connectivity index (χ2v) is 9.25. The number of fused-ring (bicyclic) bond motifs is 2. The normalized spacial score (nSPS) is 11.8.